The monoisotopic (exact) mass is 296 g/mol. The van der Waals surface area contributed by atoms with E-state index in [9.17, 15) is 9.90 Å². The summed E-state index contributed by atoms with van der Waals surface area (Å²) in [6.45, 7) is 0. The number of thioether (sulfide) groups is 1. The lowest BCUT2D eigenvalue weighted by atomic mass is 10.1. The van der Waals surface area contributed by atoms with E-state index in [1.807, 2.05) is 11.8 Å². The van der Waals surface area contributed by atoms with Crippen molar-refractivity contribution in [2.24, 2.45) is 0 Å². The van der Waals surface area contributed by atoms with Crippen molar-refractivity contribution < 1.29 is 14.6 Å². The van der Waals surface area contributed by atoms with E-state index in [0.29, 0.717) is 5.75 Å². The summed E-state index contributed by atoms with van der Waals surface area (Å²) in [6, 6.07) is 0.197. The fraction of sp³-hybridized carbons (Fsp3) is 0.714. The lowest BCUT2D eigenvalue weighted by Gasteiger charge is -2.23. The molecule has 0 atom stereocenters. The Labute approximate surface area is 122 Å². The molecule has 20 heavy (non-hydrogen) atoms. The summed E-state index contributed by atoms with van der Waals surface area (Å²) in [4.78, 5) is 11.6. The molecule has 110 valence electrons. The quantitative estimate of drug-likeness (QED) is 0.925. The Hall–Kier alpha value is -1.17. The summed E-state index contributed by atoms with van der Waals surface area (Å²) < 4.78 is 7.54. The first-order valence-electron chi connectivity index (χ1n) is 7.31. The second-order valence-electron chi connectivity index (χ2n) is 5.48. The maximum atomic E-state index is 11.6. The molecule has 1 saturated carbocycles. The maximum absolute atomic E-state index is 11.6. The van der Waals surface area contributed by atoms with Crippen LogP contribution in [0, 0.1) is 0 Å². The van der Waals surface area contributed by atoms with Crippen LogP contribution in [0.1, 0.15) is 55.1 Å². The van der Waals surface area contributed by atoms with Crippen molar-refractivity contribution in [2.45, 2.75) is 50.7 Å². The van der Waals surface area contributed by atoms with E-state index in [2.05, 4.69) is 5.10 Å². The van der Waals surface area contributed by atoms with E-state index < -0.39 is 5.97 Å². The van der Waals surface area contributed by atoms with E-state index >= 15 is 0 Å². The van der Waals surface area contributed by atoms with Gasteiger partial charge in [0.25, 0.3) is 0 Å². The van der Waals surface area contributed by atoms with Gasteiger partial charge in [-0.05, 0) is 50.0 Å². The van der Waals surface area contributed by atoms with Crippen LogP contribution in [0.5, 0.6) is 5.75 Å². The number of aromatic nitrogens is 2. The lowest BCUT2D eigenvalue weighted by molar-refractivity contribution is 0.0671. The Morgan fingerprint density at radius 1 is 1.30 bits per heavy atom. The third-order valence-electron chi connectivity index (χ3n) is 4.10. The number of aromatic carboxylic acids is 1. The standard InChI is InChI=1S/C14H20N2O3S/c17-14(18)13-12(19-11-3-1-2-4-11)9-15-16(13)10-5-7-20-8-6-10/h9-11H,1-8H2,(H,17,18). The number of carboxylic acid groups (broad SMARTS) is 1. The van der Waals surface area contributed by atoms with E-state index in [1.54, 1.807) is 10.9 Å². The van der Waals surface area contributed by atoms with Crippen LogP contribution in [0.3, 0.4) is 0 Å². The number of ether oxygens (including phenoxy) is 1. The minimum atomic E-state index is -0.936. The molecular weight excluding hydrogens is 276 g/mol. The molecule has 0 aromatic carbocycles. The van der Waals surface area contributed by atoms with Crippen LogP contribution in [0.25, 0.3) is 0 Å². The Morgan fingerprint density at radius 2 is 2.00 bits per heavy atom. The Bertz CT molecular complexity index is 477. The Kier molecular flexibility index (Phi) is 4.19. The van der Waals surface area contributed by atoms with Crippen LogP contribution >= 0.6 is 11.8 Å². The SMILES string of the molecule is O=C(O)c1c(OC2CCCC2)cnn1C1CCSCC1. The van der Waals surface area contributed by atoms with Crippen LogP contribution in [0.4, 0.5) is 0 Å². The molecule has 1 N–H and O–H groups in total. The van der Waals surface area contributed by atoms with Crippen molar-refractivity contribution in [3.8, 4) is 5.75 Å². The molecule has 2 heterocycles. The topological polar surface area (TPSA) is 64.3 Å². The molecule has 1 aliphatic heterocycles. The number of hydrogen-bond acceptors (Lipinski definition) is 4. The predicted molar refractivity (Wildman–Crippen MR) is 77.7 cm³/mol. The summed E-state index contributed by atoms with van der Waals surface area (Å²) in [5.74, 6) is 1.65. The predicted octanol–water partition coefficient (Wildman–Crippen LogP) is 2.97. The summed E-state index contributed by atoms with van der Waals surface area (Å²) >= 11 is 1.92. The second-order valence-corrected chi connectivity index (χ2v) is 6.70. The van der Waals surface area contributed by atoms with Crippen molar-refractivity contribution in [1.82, 2.24) is 9.78 Å². The molecule has 0 spiro atoms. The van der Waals surface area contributed by atoms with Crippen LogP contribution in [-0.2, 0) is 0 Å². The molecular formula is C14H20N2O3S. The van der Waals surface area contributed by atoms with Crippen LogP contribution in [0.2, 0.25) is 0 Å². The average molecular weight is 296 g/mol. The van der Waals surface area contributed by atoms with E-state index in [0.717, 1.165) is 37.2 Å². The van der Waals surface area contributed by atoms with Gasteiger partial charge in [-0.15, -0.1) is 0 Å². The van der Waals surface area contributed by atoms with Gasteiger partial charge in [-0.3, -0.25) is 4.68 Å². The Balaban J connectivity index is 1.82. The first-order valence-corrected chi connectivity index (χ1v) is 8.46. The van der Waals surface area contributed by atoms with E-state index in [1.165, 1.54) is 12.8 Å². The fourth-order valence-electron chi connectivity index (χ4n) is 3.03. The third kappa shape index (κ3) is 2.80. The highest BCUT2D eigenvalue weighted by Gasteiger charge is 2.28. The molecule has 1 aromatic rings. The molecule has 3 rings (SSSR count). The highest BCUT2D eigenvalue weighted by molar-refractivity contribution is 7.99. The van der Waals surface area contributed by atoms with Gasteiger partial charge in [0.15, 0.2) is 11.4 Å². The summed E-state index contributed by atoms with van der Waals surface area (Å²) in [6.07, 6.45) is 8.08. The molecule has 5 nitrogen and oxygen atoms in total. The largest absolute Gasteiger partial charge is 0.486 e. The normalized spacial score (nSPS) is 21.2. The molecule has 2 fully saturated rings. The van der Waals surface area contributed by atoms with Crippen molar-refractivity contribution in [2.75, 3.05) is 11.5 Å². The van der Waals surface area contributed by atoms with Crippen molar-refractivity contribution >= 4 is 17.7 Å². The number of rotatable bonds is 4. The van der Waals surface area contributed by atoms with Crippen LogP contribution in [0.15, 0.2) is 6.20 Å². The lowest BCUT2D eigenvalue weighted by Crippen LogP contribution is -2.21. The summed E-state index contributed by atoms with van der Waals surface area (Å²) in [7, 11) is 0. The van der Waals surface area contributed by atoms with E-state index in [-0.39, 0.29) is 17.8 Å². The molecule has 0 unspecified atom stereocenters. The first kappa shape index (κ1) is 13.8. The van der Waals surface area contributed by atoms with E-state index in [4.69, 9.17) is 4.74 Å². The van der Waals surface area contributed by atoms with Gasteiger partial charge in [0, 0.05) is 0 Å². The van der Waals surface area contributed by atoms with Gasteiger partial charge in [0.05, 0.1) is 18.3 Å². The average Bonchev–Trinajstić information content (AvgIpc) is 3.09. The molecule has 0 radical (unpaired) electrons. The maximum Gasteiger partial charge on any atom is 0.358 e. The van der Waals surface area contributed by atoms with Gasteiger partial charge in [-0.1, -0.05) is 0 Å². The third-order valence-corrected chi connectivity index (χ3v) is 5.15. The van der Waals surface area contributed by atoms with Crippen molar-refractivity contribution in [3.05, 3.63) is 11.9 Å². The smallest absolute Gasteiger partial charge is 0.358 e. The highest BCUT2D eigenvalue weighted by atomic mass is 32.2. The van der Waals surface area contributed by atoms with Crippen LogP contribution in [-0.4, -0.2) is 38.5 Å². The minimum Gasteiger partial charge on any atom is -0.486 e. The van der Waals surface area contributed by atoms with Gasteiger partial charge >= 0.3 is 5.97 Å². The highest BCUT2D eigenvalue weighted by Crippen LogP contribution is 2.32. The van der Waals surface area contributed by atoms with Gasteiger partial charge in [0.2, 0.25) is 0 Å². The van der Waals surface area contributed by atoms with Gasteiger partial charge in [0.1, 0.15) is 0 Å². The fourth-order valence-corrected chi connectivity index (χ4v) is 4.11. The number of carboxylic acids is 1. The molecule has 1 aliphatic carbocycles. The van der Waals surface area contributed by atoms with Gasteiger partial charge in [-0.2, -0.15) is 16.9 Å². The number of carbonyl (C=O) groups is 1. The molecule has 6 heteroatoms. The molecule has 0 bridgehead atoms. The molecule has 1 saturated heterocycles. The zero-order chi connectivity index (χ0) is 13.9. The number of hydrogen-bond donors (Lipinski definition) is 1. The van der Waals surface area contributed by atoms with Gasteiger partial charge in [-0.25, -0.2) is 4.79 Å². The Morgan fingerprint density at radius 3 is 2.65 bits per heavy atom. The molecule has 0 amide bonds. The molecule has 1 aromatic heterocycles. The van der Waals surface area contributed by atoms with Crippen molar-refractivity contribution in [3.63, 3.8) is 0 Å². The van der Waals surface area contributed by atoms with Crippen LogP contribution < -0.4 is 4.74 Å². The number of nitrogens with zero attached hydrogens (tertiary/aromatic N) is 2. The summed E-state index contributed by atoms with van der Waals surface area (Å²) in [5.41, 5.74) is 0.230. The zero-order valence-electron chi connectivity index (χ0n) is 11.5. The second kappa shape index (κ2) is 6.08. The minimum absolute atomic E-state index is 0.160. The first-order chi connectivity index (χ1) is 9.75. The van der Waals surface area contributed by atoms with Gasteiger partial charge < -0.3 is 9.84 Å². The molecule has 2 aliphatic rings. The van der Waals surface area contributed by atoms with Crippen molar-refractivity contribution in [1.29, 1.82) is 0 Å². The zero-order valence-corrected chi connectivity index (χ0v) is 12.3. The summed E-state index contributed by atoms with van der Waals surface area (Å²) in [5, 5.41) is 13.8.